The SMILES string of the molecule is CC1(C)c2[c-]c(ccc2)-c2cccc([pH+]2)C(C)(C)c2cccc([pH+]2)-c2[c-]c1ccc2.[Pt+2]. The fourth-order valence-corrected chi connectivity index (χ4v) is 7.13. The van der Waals surface area contributed by atoms with E-state index in [4.69, 9.17) is 0 Å². The molecule has 0 saturated carbocycles. The van der Waals surface area contributed by atoms with Crippen molar-refractivity contribution < 1.29 is 21.1 Å². The van der Waals surface area contributed by atoms with Gasteiger partial charge in [0, 0.05) is 0 Å². The summed E-state index contributed by atoms with van der Waals surface area (Å²) in [7, 11) is 1.34. The van der Waals surface area contributed by atoms with Gasteiger partial charge in [0.05, 0.1) is 32.4 Å². The Morgan fingerprint density at radius 2 is 0.968 bits per heavy atom. The van der Waals surface area contributed by atoms with Gasteiger partial charge in [-0.1, -0.05) is 38.1 Å². The third-order valence-electron chi connectivity index (χ3n) is 6.45. The molecule has 0 saturated heterocycles. The normalized spacial score (nSPS) is 15.9. The summed E-state index contributed by atoms with van der Waals surface area (Å²) >= 11 is 0. The monoisotopic (exact) mass is 619 g/mol. The molecule has 0 amide bonds. The molecule has 8 bridgehead atoms. The Kier molecular flexibility index (Phi) is 6.14. The molecule has 1 aliphatic heterocycles. The number of benzene rings is 2. The maximum atomic E-state index is 3.77. The van der Waals surface area contributed by atoms with E-state index >= 15 is 0 Å². The molecule has 3 heterocycles. The Labute approximate surface area is 203 Å². The average molecular weight is 620 g/mol. The standard InChI is InChI=1S/C28H24P2.Pt/c1-27(2)21-11-5-9-19(17-21)23-13-7-15-25(29-23)28(3,4)26-16-8-14-24(30-26)20-10-6-12-22(27)18-20;/h5-16H,1-4H3;/q-2;+2/p+2. The molecule has 0 fully saturated rings. The molecule has 3 heteroatoms. The predicted molar refractivity (Wildman–Crippen MR) is 133 cm³/mol. The Balaban J connectivity index is 0.00000231. The van der Waals surface area contributed by atoms with Gasteiger partial charge in [-0.25, -0.2) is 0 Å². The van der Waals surface area contributed by atoms with Gasteiger partial charge >= 0.3 is 21.1 Å². The van der Waals surface area contributed by atoms with Crippen LogP contribution in [0.15, 0.2) is 72.8 Å². The Morgan fingerprint density at radius 1 is 0.548 bits per heavy atom. The first-order valence-corrected chi connectivity index (χ1v) is 12.5. The van der Waals surface area contributed by atoms with Crippen LogP contribution in [-0.4, -0.2) is 0 Å². The van der Waals surface area contributed by atoms with Gasteiger partial charge in [-0.3, -0.25) is 0 Å². The van der Waals surface area contributed by atoms with Gasteiger partial charge < -0.3 is 0 Å². The Hall–Kier alpha value is -1.57. The van der Waals surface area contributed by atoms with Gasteiger partial charge in [-0.2, -0.15) is 0 Å². The van der Waals surface area contributed by atoms with Crippen molar-refractivity contribution in [1.29, 1.82) is 0 Å². The van der Waals surface area contributed by atoms with E-state index in [1.165, 1.54) is 43.4 Å². The van der Waals surface area contributed by atoms with E-state index in [2.05, 4.69) is 113 Å². The van der Waals surface area contributed by atoms with Crippen molar-refractivity contribution in [2.75, 3.05) is 0 Å². The maximum absolute atomic E-state index is 3.77. The third kappa shape index (κ3) is 4.00. The van der Waals surface area contributed by atoms with Crippen LogP contribution >= 0.6 is 16.4 Å². The quantitative estimate of drug-likeness (QED) is 0.174. The third-order valence-corrected chi connectivity index (χ3v) is 9.99. The Morgan fingerprint density at radius 3 is 1.42 bits per heavy atom. The van der Waals surface area contributed by atoms with Gasteiger partial charge in [0.15, 0.2) is 0 Å². The zero-order chi connectivity index (χ0) is 20.9. The van der Waals surface area contributed by atoms with Crippen molar-refractivity contribution in [3.63, 3.8) is 0 Å². The zero-order valence-corrected chi connectivity index (χ0v) is 22.5. The molecule has 2 aromatic carbocycles. The first-order chi connectivity index (χ1) is 14.4. The first kappa shape index (κ1) is 22.6. The fourth-order valence-electron chi connectivity index (χ4n) is 4.25. The summed E-state index contributed by atoms with van der Waals surface area (Å²) in [6.07, 6.45) is 0. The largest absolute Gasteiger partial charge is 2.00 e. The van der Waals surface area contributed by atoms with Gasteiger partial charge in [0.2, 0.25) is 0 Å². The molecule has 0 aliphatic carbocycles. The van der Waals surface area contributed by atoms with Crippen molar-refractivity contribution in [3.05, 3.63) is 107 Å². The second kappa shape index (κ2) is 8.41. The van der Waals surface area contributed by atoms with Crippen molar-refractivity contribution in [3.8, 4) is 21.7 Å². The summed E-state index contributed by atoms with van der Waals surface area (Å²) in [4.78, 5) is 0. The van der Waals surface area contributed by atoms with Crippen LogP contribution in [0.3, 0.4) is 0 Å². The minimum atomic E-state index is -0.156. The summed E-state index contributed by atoms with van der Waals surface area (Å²) < 4.78 is 0. The van der Waals surface area contributed by atoms with Gasteiger partial charge in [-0.05, 0) is 31.4 Å². The molecule has 5 rings (SSSR count). The summed E-state index contributed by atoms with van der Waals surface area (Å²) in [6.45, 7) is 9.34. The van der Waals surface area contributed by atoms with E-state index < -0.39 is 0 Å². The van der Waals surface area contributed by atoms with Crippen LogP contribution in [-0.2, 0) is 31.9 Å². The molecule has 4 aromatic rings. The van der Waals surface area contributed by atoms with E-state index in [0.29, 0.717) is 16.4 Å². The van der Waals surface area contributed by atoms with Crippen LogP contribution < -0.4 is 0 Å². The average Bonchev–Trinajstić information content (AvgIpc) is 2.79. The smallest absolute Gasteiger partial charge is 0.145 e. The minimum Gasteiger partial charge on any atom is -0.145 e. The molecule has 31 heavy (non-hydrogen) atoms. The molecule has 0 radical (unpaired) electrons. The van der Waals surface area contributed by atoms with Crippen molar-refractivity contribution in [2.24, 2.45) is 0 Å². The number of hydrogen-bond donors (Lipinski definition) is 0. The van der Waals surface area contributed by atoms with Crippen LogP contribution in [0.5, 0.6) is 0 Å². The van der Waals surface area contributed by atoms with E-state index in [1.54, 1.807) is 0 Å². The second-order valence-electron chi connectivity index (χ2n) is 9.16. The number of hydrogen-bond acceptors (Lipinski definition) is 0. The van der Waals surface area contributed by atoms with E-state index in [1.807, 2.05) is 0 Å². The second-order valence-corrected chi connectivity index (χ2v) is 11.8. The van der Waals surface area contributed by atoms with Crippen LogP contribution in [0.25, 0.3) is 21.7 Å². The molecule has 0 spiro atoms. The summed E-state index contributed by atoms with van der Waals surface area (Å²) in [5, 5.41) is 5.77. The predicted octanol–water partition coefficient (Wildman–Crippen LogP) is 8.21. The topological polar surface area (TPSA) is 0 Å². The maximum Gasteiger partial charge on any atom is 2.00 e. The van der Waals surface area contributed by atoms with Gasteiger partial charge in [0.1, 0.15) is 10.6 Å². The summed E-state index contributed by atoms with van der Waals surface area (Å²) in [5.74, 6) is 0. The van der Waals surface area contributed by atoms with Crippen molar-refractivity contribution in [1.82, 2.24) is 0 Å². The molecule has 2 aromatic heterocycles. The van der Waals surface area contributed by atoms with Crippen LogP contribution in [0.4, 0.5) is 0 Å². The molecular formula is C28H26P2Pt+2. The zero-order valence-electron chi connectivity index (χ0n) is 18.2. The van der Waals surface area contributed by atoms with Crippen molar-refractivity contribution in [2.45, 2.75) is 38.5 Å². The summed E-state index contributed by atoms with van der Waals surface area (Å²) in [6, 6.07) is 34.4. The first-order valence-electron chi connectivity index (χ1n) is 10.5. The van der Waals surface area contributed by atoms with Crippen LogP contribution in [0.1, 0.15) is 49.4 Å². The molecular weight excluding hydrogens is 593 g/mol. The summed E-state index contributed by atoms with van der Waals surface area (Å²) in [5.41, 5.74) is 4.75. The molecule has 1 aliphatic rings. The minimum absolute atomic E-state index is 0. The Bertz CT molecular complexity index is 1060. The van der Waals surface area contributed by atoms with E-state index in [9.17, 15) is 0 Å². The number of rotatable bonds is 0. The molecule has 156 valence electrons. The van der Waals surface area contributed by atoms with Crippen LogP contribution in [0, 0.1) is 12.1 Å². The van der Waals surface area contributed by atoms with Gasteiger partial charge in [-0.15, -0.1) is 70.8 Å². The van der Waals surface area contributed by atoms with Crippen molar-refractivity contribution >= 4 is 16.4 Å². The molecule has 2 atom stereocenters. The number of fused-ring (bicyclic) bond motifs is 10. The van der Waals surface area contributed by atoms with E-state index in [-0.39, 0.29) is 31.9 Å². The van der Waals surface area contributed by atoms with E-state index in [0.717, 1.165) is 0 Å². The van der Waals surface area contributed by atoms with Crippen LogP contribution in [0.2, 0.25) is 0 Å². The fraction of sp³-hybridized carbons (Fsp3) is 0.214. The molecule has 0 nitrogen and oxygen atoms in total. The molecule has 0 N–H and O–H groups in total. The van der Waals surface area contributed by atoms with Gasteiger partial charge in [0.25, 0.3) is 0 Å². The molecule has 2 unspecified atom stereocenters.